The fourth-order valence-corrected chi connectivity index (χ4v) is 3.25. The zero-order valence-corrected chi connectivity index (χ0v) is 15.3. The molecule has 2 aromatic carbocycles. The summed E-state index contributed by atoms with van der Waals surface area (Å²) in [5, 5.41) is 7.19. The molecular weight excluding hydrogens is 338 g/mol. The lowest BCUT2D eigenvalue weighted by Crippen LogP contribution is -2.21. The van der Waals surface area contributed by atoms with Crippen LogP contribution in [0.4, 0.5) is 5.69 Å². The minimum Gasteiger partial charge on any atom is -0.326 e. The maximum atomic E-state index is 12.3. The average molecular weight is 361 g/mol. The summed E-state index contributed by atoms with van der Waals surface area (Å²) in [5.41, 5.74) is 6.24. The molecule has 138 valence electrons. The number of benzene rings is 2. The summed E-state index contributed by atoms with van der Waals surface area (Å²) in [6, 6.07) is 17.7. The van der Waals surface area contributed by atoms with Crippen LogP contribution in [0.15, 0.2) is 59.7 Å². The lowest BCUT2D eigenvalue weighted by Gasteiger charge is -2.07. The first kappa shape index (κ1) is 17.5. The van der Waals surface area contributed by atoms with Gasteiger partial charge >= 0.3 is 0 Å². The predicted molar refractivity (Wildman–Crippen MR) is 105 cm³/mol. The minimum absolute atomic E-state index is 0.00638. The Labute approximate surface area is 158 Å². The highest BCUT2D eigenvalue weighted by atomic mass is 16.2. The highest BCUT2D eigenvalue weighted by molar-refractivity contribution is 6.01. The van der Waals surface area contributed by atoms with Crippen molar-refractivity contribution < 1.29 is 9.59 Å². The van der Waals surface area contributed by atoms with Gasteiger partial charge in [-0.05, 0) is 55.4 Å². The zero-order valence-electron chi connectivity index (χ0n) is 15.3. The van der Waals surface area contributed by atoms with Gasteiger partial charge < -0.3 is 5.32 Å². The van der Waals surface area contributed by atoms with Gasteiger partial charge in [-0.2, -0.15) is 5.10 Å². The molecule has 2 amide bonds. The Morgan fingerprint density at radius 2 is 1.78 bits per heavy atom. The van der Waals surface area contributed by atoms with E-state index in [9.17, 15) is 9.59 Å². The van der Waals surface area contributed by atoms with Crippen molar-refractivity contribution in [2.45, 2.75) is 32.1 Å². The summed E-state index contributed by atoms with van der Waals surface area (Å²) >= 11 is 0. The number of nitrogens with one attached hydrogen (secondary N) is 2. The Morgan fingerprint density at radius 1 is 1.00 bits per heavy atom. The normalized spacial score (nSPS) is 21.4. The van der Waals surface area contributed by atoms with Crippen LogP contribution in [0.1, 0.15) is 43.2 Å². The van der Waals surface area contributed by atoms with Crippen LogP contribution in [-0.4, -0.2) is 17.5 Å². The molecule has 4 rings (SSSR count). The number of carbonyl (C=O) groups excluding carboxylic acids is 2. The van der Waals surface area contributed by atoms with Crippen LogP contribution in [-0.2, 0) is 9.59 Å². The molecule has 2 N–H and O–H groups in total. The minimum atomic E-state index is -0.0404. The summed E-state index contributed by atoms with van der Waals surface area (Å²) in [4.78, 5) is 24.2. The molecule has 0 radical (unpaired) electrons. The molecule has 0 spiro atoms. The monoisotopic (exact) mass is 361 g/mol. The van der Waals surface area contributed by atoms with E-state index in [2.05, 4.69) is 28.0 Å². The van der Waals surface area contributed by atoms with Gasteiger partial charge in [-0.1, -0.05) is 42.5 Å². The Morgan fingerprint density at radius 3 is 2.52 bits per heavy atom. The summed E-state index contributed by atoms with van der Waals surface area (Å²) in [6.07, 6.45) is 2.82. The van der Waals surface area contributed by atoms with E-state index in [-0.39, 0.29) is 23.7 Å². The molecule has 2 aliphatic carbocycles. The number of rotatable bonds is 6. The van der Waals surface area contributed by atoms with Gasteiger partial charge in [-0.3, -0.25) is 9.59 Å². The summed E-state index contributed by atoms with van der Waals surface area (Å²) in [7, 11) is 0. The molecule has 0 aliphatic heterocycles. The molecule has 2 atom stereocenters. The van der Waals surface area contributed by atoms with E-state index < -0.39 is 0 Å². The highest BCUT2D eigenvalue weighted by Gasteiger charge is 2.43. The molecule has 2 aliphatic rings. The molecule has 2 aromatic rings. The number of nitrogens with zero attached hydrogens (tertiary/aromatic N) is 1. The topological polar surface area (TPSA) is 70.6 Å². The van der Waals surface area contributed by atoms with Crippen molar-refractivity contribution in [3.63, 3.8) is 0 Å². The van der Waals surface area contributed by atoms with Crippen molar-refractivity contribution in [1.82, 2.24) is 5.43 Å². The van der Waals surface area contributed by atoms with Crippen LogP contribution in [0.2, 0.25) is 0 Å². The van der Waals surface area contributed by atoms with Crippen molar-refractivity contribution >= 4 is 23.2 Å². The van der Waals surface area contributed by atoms with Gasteiger partial charge in [0, 0.05) is 17.5 Å². The fourth-order valence-electron chi connectivity index (χ4n) is 3.25. The maximum absolute atomic E-state index is 12.3. The van der Waals surface area contributed by atoms with Crippen molar-refractivity contribution in [3.05, 3.63) is 65.7 Å². The van der Waals surface area contributed by atoms with Gasteiger partial charge in [-0.25, -0.2) is 5.43 Å². The van der Waals surface area contributed by atoms with Crippen LogP contribution in [0, 0.1) is 11.8 Å². The average Bonchev–Trinajstić information content (AvgIpc) is 3.59. The van der Waals surface area contributed by atoms with Gasteiger partial charge in [-0.15, -0.1) is 0 Å². The smallest absolute Gasteiger partial charge is 0.243 e. The second kappa shape index (κ2) is 7.35. The Hall–Kier alpha value is -2.95. The van der Waals surface area contributed by atoms with Crippen molar-refractivity contribution in [2.75, 3.05) is 5.32 Å². The van der Waals surface area contributed by atoms with Gasteiger partial charge in [0.15, 0.2) is 0 Å². The molecule has 0 heterocycles. The van der Waals surface area contributed by atoms with E-state index in [0.29, 0.717) is 11.6 Å². The van der Waals surface area contributed by atoms with Crippen molar-refractivity contribution in [2.24, 2.45) is 16.9 Å². The van der Waals surface area contributed by atoms with Gasteiger partial charge in [0.1, 0.15) is 0 Å². The number of amides is 2. The number of hydrogen-bond donors (Lipinski definition) is 2. The molecular formula is C22H23N3O2. The lowest BCUT2D eigenvalue weighted by molar-refractivity contribution is -0.122. The standard InChI is InChI=1S/C22H23N3O2/c1-14(17-8-5-9-18(12-17)23-21(26)16-10-11-16)24-25-22(27)20-13-19(20)15-6-3-2-4-7-15/h2-9,12,16,19-20H,10-11,13H2,1H3,(H,23,26)(H,25,27)/b24-14+/t19-,20-/m1/s1. The predicted octanol–water partition coefficient (Wildman–Crippen LogP) is 3.68. The summed E-state index contributed by atoms with van der Waals surface area (Å²) in [5.74, 6) is 0.492. The van der Waals surface area contributed by atoms with Crippen LogP contribution < -0.4 is 10.7 Å². The quantitative estimate of drug-likeness (QED) is 0.609. The Bertz CT molecular complexity index is 887. The lowest BCUT2D eigenvalue weighted by atomic mass is 10.1. The maximum Gasteiger partial charge on any atom is 0.243 e. The third-order valence-electron chi connectivity index (χ3n) is 5.18. The van der Waals surface area contributed by atoms with E-state index in [1.807, 2.05) is 49.4 Å². The number of hydrazone groups is 1. The second-order valence-electron chi connectivity index (χ2n) is 7.38. The summed E-state index contributed by atoms with van der Waals surface area (Å²) < 4.78 is 0. The molecule has 5 heteroatoms. The molecule has 2 saturated carbocycles. The molecule has 5 nitrogen and oxygen atoms in total. The van der Waals surface area contributed by atoms with Crippen LogP contribution in [0.3, 0.4) is 0 Å². The highest BCUT2D eigenvalue weighted by Crippen LogP contribution is 2.47. The third kappa shape index (κ3) is 4.25. The zero-order chi connectivity index (χ0) is 18.8. The van der Waals surface area contributed by atoms with E-state index >= 15 is 0 Å². The second-order valence-corrected chi connectivity index (χ2v) is 7.38. The number of carbonyl (C=O) groups is 2. The molecule has 0 bridgehead atoms. The van der Waals surface area contributed by atoms with E-state index in [1.165, 1.54) is 5.56 Å². The van der Waals surface area contributed by atoms with E-state index in [0.717, 1.165) is 30.5 Å². The summed E-state index contributed by atoms with van der Waals surface area (Å²) in [6.45, 7) is 1.85. The third-order valence-corrected chi connectivity index (χ3v) is 5.18. The SMILES string of the molecule is C/C(=N\NC(=O)[C@@H]1C[C@@H]1c1ccccc1)c1cccc(NC(=O)C2CC2)c1. The molecule has 27 heavy (non-hydrogen) atoms. The number of hydrogen-bond acceptors (Lipinski definition) is 3. The Kier molecular flexibility index (Phi) is 4.75. The van der Waals surface area contributed by atoms with Crippen molar-refractivity contribution in [1.29, 1.82) is 0 Å². The first-order chi connectivity index (χ1) is 13.1. The van der Waals surface area contributed by atoms with Gasteiger partial charge in [0.05, 0.1) is 5.71 Å². The van der Waals surface area contributed by atoms with Crippen molar-refractivity contribution in [3.8, 4) is 0 Å². The van der Waals surface area contributed by atoms with Crippen LogP contribution in [0.5, 0.6) is 0 Å². The number of anilines is 1. The van der Waals surface area contributed by atoms with Gasteiger partial charge in [0.2, 0.25) is 11.8 Å². The Balaban J connectivity index is 1.35. The largest absolute Gasteiger partial charge is 0.326 e. The first-order valence-corrected chi connectivity index (χ1v) is 9.42. The molecule has 0 saturated heterocycles. The van der Waals surface area contributed by atoms with E-state index in [1.54, 1.807) is 0 Å². The van der Waals surface area contributed by atoms with Crippen LogP contribution >= 0.6 is 0 Å². The molecule has 2 fully saturated rings. The van der Waals surface area contributed by atoms with E-state index in [4.69, 9.17) is 0 Å². The van der Waals surface area contributed by atoms with Crippen LogP contribution in [0.25, 0.3) is 0 Å². The molecule has 0 aromatic heterocycles. The molecule has 0 unspecified atom stereocenters. The first-order valence-electron chi connectivity index (χ1n) is 9.42. The fraction of sp³-hybridized carbons (Fsp3) is 0.318. The van der Waals surface area contributed by atoms with Gasteiger partial charge in [0.25, 0.3) is 0 Å².